The topological polar surface area (TPSA) is 35.5 Å². The van der Waals surface area contributed by atoms with Crippen LogP contribution in [0.25, 0.3) is 0 Å². The molecule has 1 aromatic carbocycles. The summed E-state index contributed by atoms with van der Waals surface area (Å²) < 4.78 is 13.0. The maximum Gasteiger partial charge on any atom is 0.123 e. The number of nitrogens with one attached hydrogen (secondary N) is 1. The third-order valence-electron chi connectivity index (χ3n) is 3.95. The fourth-order valence-corrected chi connectivity index (χ4v) is 2.70. The molecule has 0 saturated heterocycles. The second-order valence-electron chi connectivity index (χ2n) is 5.37. The van der Waals surface area contributed by atoms with Crippen molar-refractivity contribution in [3.8, 4) is 5.75 Å². The first kappa shape index (κ1) is 14.3. The minimum atomic E-state index is -0.308. The van der Waals surface area contributed by atoms with Gasteiger partial charge in [0.15, 0.2) is 0 Å². The standard InChI is InChI=1S/C15H23FN2O/c1-18(14-4-2-3-5-14)9-8-17-11-12-10-13(16)6-7-15(12)19/h6-7,10,14,17,19H,2-5,8-9,11H2,1H3. The third-order valence-corrected chi connectivity index (χ3v) is 3.95. The van der Waals surface area contributed by atoms with Crippen molar-refractivity contribution in [2.24, 2.45) is 0 Å². The number of hydrogen-bond donors (Lipinski definition) is 2. The van der Waals surface area contributed by atoms with Crippen LogP contribution in [0.15, 0.2) is 18.2 Å². The highest BCUT2D eigenvalue weighted by atomic mass is 19.1. The minimum absolute atomic E-state index is 0.151. The van der Waals surface area contributed by atoms with E-state index in [0.29, 0.717) is 12.1 Å². The predicted molar refractivity (Wildman–Crippen MR) is 74.7 cm³/mol. The lowest BCUT2D eigenvalue weighted by Crippen LogP contribution is -2.35. The number of hydrogen-bond acceptors (Lipinski definition) is 3. The van der Waals surface area contributed by atoms with E-state index in [2.05, 4.69) is 17.3 Å². The van der Waals surface area contributed by atoms with Crippen molar-refractivity contribution in [1.82, 2.24) is 10.2 Å². The lowest BCUT2D eigenvalue weighted by molar-refractivity contribution is 0.245. The molecule has 1 saturated carbocycles. The Morgan fingerprint density at radius 1 is 1.37 bits per heavy atom. The molecule has 1 aromatic rings. The Morgan fingerprint density at radius 2 is 2.11 bits per heavy atom. The first-order chi connectivity index (χ1) is 9.16. The largest absolute Gasteiger partial charge is 0.508 e. The smallest absolute Gasteiger partial charge is 0.123 e. The third kappa shape index (κ3) is 4.18. The van der Waals surface area contributed by atoms with E-state index in [-0.39, 0.29) is 11.6 Å². The molecule has 3 nitrogen and oxygen atoms in total. The summed E-state index contributed by atoms with van der Waals surface area (Å²) in [6, 6.07) is 4.77. The van der Waals surface area contributed by atoms with Crippen LogP contribution in [0.4, 0.5) is 4.39 Å². The van der Waals surface area contributed by atoms with Gasteiger partial charge in [0.1, 0.15) is 11.6 Å². The molecule has 0 unspecified atom stereocenters. The van der Waals surface area contributed by atoms with Gasteiger partial charge in [-0.1, -0.05) is 12.8 Å². The monoisotopic (exact) mass is 266 g/mol. The van der Waals surface area contributed by atoms with E-state index < -0.39 is 0 Å². The molecule has 19 heavy (non-hydrogen) atoms. The summed E-state index contributed by atoms with van der Waals surface area (Å²) in [5, 5.41) is 12.9. The lowest BCUT2D eigenvalue weighted by Gasteiger charge is -2.24. The van der Waals surface area contributed by atoms with Crippen molar-refractivity contribution < 1.29 is 9.50 Å². The molecular weight excluding hydrogens is 243 g/mol. The molecule has 1 fully saturated rings. The maximum absolute atomic E-state index is 13.0. The zero-order chi connectivity index (χ0) is 13.7. The zero-order valence-corrected chi connectivity index (χ0v) is 11.5. The molecule has 0 spiro atoms. The van der Waals surface area contributed by atoms with Crippen LogP contribution < -0.4 is 5.32 Å². The Balaban J connectivity index is 1.70. The highest BCUT2D eigenvalue weighted by Gasteiger charge is 2.18. The summed E-state index contributed by atoms with van der Waals surface area (Å²) >= 11 is 0. The van der Waals surface area contributed by atoms with Gasteiger partial charge < -0.3 is 15.3 Å². The SMILES string of the molecule is CN(CCNCc1cc(F)ccc1O)C1CCCC1. The van der Waals surface area contributed by atoms with Gasteiger partial charge in [0.2, 0.25) is 0 Å². The van der Waals surface area contributed by atoms with Crippen LogP contribution >= 0.6 is 0 Å². The summed E-state index contributed by atoms with van der Waals surface area (Å²) in [6.45, 7) is 2.34. The molecule has 106 valence electrons. The number of rotatable bonds is 6. The van der Waals surface area contributed by atoms with E-state index in [1.165, 1.54) is 43.9 Å². The van der Waals surface area contributed by atoms with E-state index in [9.17, 15) is 9.50 Å². The molecule has 4 heteroatoms. The van der Waals surface area contributed by atoms with Crippen LogP contribution in [0, 0.1) is 5.82 Å². The van der Waals surface area contributed by atoms with Crippen LogP contribution in [-0.2, 0) is 6.54 Å². The maximum atomic E-state index is 13.0. The highest BCUT2D eigenvalue weighted by Crippen LogP contribution is 2.22. The van der Waals surface area contributed by atoms with E-state index in [1.807, 2.05) is 0 Å². The van der Waals surface area contributed by atoms with Crippen LogP contribution in [0.1, 0.15) is 31.2 Å². The van der Waals surface area contributed by atoms with Gasteiger partial charge in [-0.25, -0.2) is 4.39 Å². The number of halogens is 1. The fourth-order valence-electron chi connectivity index (χ4n) is 2.70. The van der Waals surface area contributed by atoms with Crippen LogP contribution in [0.5, 0.6) is 5.75 Å². The highest BCUT2D eigenvalue weighted by molar-refractivity contribution is 5.32. The first-order valence-corrected chi connectivity index (χ1v) is 7.05. The van der Waals surface area contributed by atoms with Crippen molar-refractivity contribution in [2.75, 3.05) is 20.1 Å². The number of phenols is 1. The summed E-state index contributed by atoms with van der Waals surface area (Å²) in [6.07, 6.45) is 5.31. The average Bonchev–Trinajstić information content (AvgIpc) is 2.92. The van der Waals surface area contributed by atoms with Gasteiger partial charge in [0, 0.05) is 31.2 Å². The Hall–Kier alpha value is -1.13. The zero-order valence-electron chi connectivity index (χ0n) is 11.5. The van der Waals surface area contributed by atoms with Crippen molar-refractivity contribution in [3.63, 3.8) is 0 Å². The number of aromatic hydroxyl groups is 1. The number of benzene rings is 1. The van der Waals surface area contributed by atoms with E-state index in [0.717, 1.165) is 19.1 Å². The van der Waals surface area contributed by atoms with Gasteiger partial charge in [-0.2, -0.15) is 0 Å². The van der Waals surface area contributed by atoms with Gasteiger partial charge in [-0.05, 0) is 38.1 Å². The number of likely N-dealkylation sites (N-methyl/N-ethyl adjacent to an activating group) is 1. The van der Waals surface area contributed by atoms with E-state index in [1.54, 1.807) is 0 Å². The molecule has 0 amide bonds. The van der Waals surface area contributed by atoms with Crippen molar-refractivity contribution in [2.45, 2.75) is 38.3 Å². The van der Waals surface area contributed by atoms with Gasteiger partial charge in [0.05, 0.1) is 0 Å². The summed E-state index contributed by atoms with van der Waals surface area (Å²) in [5.41, 5.74) is 0.614. The number of nitrogens with zero attached hydrogens (tertiary/aromatic N) is 1. The van der Waals surface area contributed by atoms with E-state index >= 15 is 0 Å². The Kier molecular flexibility index (Phi) is 5.16. The molecule has 0 radical (unpaired) electrons. The average molecular weight is 266 g/mol. The molecule has 0 aliphatic heterocycles. The molecular formula is C15H23FN2O. The summed E-state index contributed by atoms with van der Waals surface area (Å²) in [5.74, 6) is -0.157. The quantitative estimate of drug-likeness (QED) is 0.777. The summed E-state index contributed by atoms with van der Waals surface area (Å²) in [7, 11) is 2.16. The van der Waals surface area contributed by atoms with Crippen molar-refractivity contribution >= 4 is 0 Å². The second kappa shape index (κ2) is 6.87. The second-order valence-corrected chi connectivity index (χ2v) is 5.37. The van der Waals surface area contributed by atoms with Crippen LogP contribution in [-0.4, -0.2) is 36.2 Å². The lowest BCUT2D eigenvalue weighted by atomic mass is 10.2. The number of phenolic OH excluding ortho intramolecular Hbond substituents is 1. The minimum Gasteiger partial charge on any atom is -0.508 e. The van der Waals surface area contributed by atoms with Gasteiger partial charge in [-0.15, -0.1) is 0 Å². The molecule has 0 atom stereocenters. The Bertz CT molecular complexity index is 405. The van der Waals surface area contributed by atoms with Gasteiger partial charge in [0.25, 0.3) is 0 Å². The first-order valence-electron chi connectivity index (χ1n) is 7.05. The normalized spacial score (nSPS) is 16.4. The van der Waals surface area contributed by atoms with Gasteiger partial charge in [-0.3, -0.25) is 0 Å². The fraction of sp³-hybridized carbons (Fsp3) is 0.600. The molecule has 1 aliphatic carbocycles. The molecule has 0 bridgehead atoms. The predicted octanol–water partition coefficient (Wildman–Crippen LogP) is 2.50. The molecule has 2 N–H and O–H groups in total. The van der Waals surface area contributed by atoms with Crippen LogP contribution in [0.3, 0.4) is 0 Å². The summed E-state index contributed by atoms with van der Waals surface area (Å²) in [4.78, 5) is 2.39. The Labute approximate surface area is 114 Å². The molecule has 1 aliphatic rings. The van der Waals surface area contributed by atoms with Crippen molar-refractivity contribution in [1.29, 1.82) is 0 Å². The molecule has 0 aromatic heterocycles. The van der Waals surface area contributed by atoms with Gasteiger partial charge >= 0.3 is 0 Å². The van der Waals surface area contributed by atoms with E-state index in [4.69, 9.17) is 0 Å². The Morgan fingerprint density at radius 3 is 2.84 bits per heavy atom. The molecule has 0 heterocycles. The van der Waals surface area contributed by atoms with Crippen molar-refractivity contribution in [3.05, 3.63) is 29.6 Å². The molecule has 2 rings (SSSR count). The van der Waals surface area contributed by atoms with Crippen LogP contribution in [0.2, 0.25) is 0 Å².